The predicted molar refractivity (Wildman–Crippen MR) is 92.3 cm³/mol. The average Bonchev–Trinajstić information content (AvgIpc) is 2.56. The van der Waals surface area contributed by atoms with Crippen LogP contribution in [-0.4, -0.2) is 54.6 Å². The highest BCUT2D eigenvalue weighted by Gasteiger charge is 2.15. The number of aromatic nitrogens is 2. The molecular formula is C16H22ClN3O4. The van der Waals surface area contributed by atoms with Crippen molar-refractivity contribution in [2.45, 2.75) is 26.0 Å². The number of aliphatic hydroxyl groups is 1. The highest BCUT2D eigenvalue weighted by Crippen LogP contribution is 2.35. The molecule has 8 heteroatoms. The summed E-state index contributed by atoms with van der Waals surface area (Å²) in [5.74, 6) is 1.35. The second kappa shape index (κ2) is 8.32. The van der Waals surface area contributed by atoms with Gasteiger partial charge in [-0.2, -0.15) is 4.98 Å². The van der Waals surface area contributed by atoms with Crippen molar-refractivity contribution in [3.63, 3.8) is 0 Å². The third kappa shape index (κ3) is 4.59. The first-order chi connectivity index (χ1) is 11.4. The Morgan fingerprint density at radius 3 is 2.46 bits per heavy atom. The highest BCUT2D eigenvalue weighted by molar-refractivity contribution is 6.28. The van der Waals surface area contributed by atoms with Crippen molar-refractivity contribution < 1.29 is 19.3 Å². The third-order valence-electron chi connectivity index (χ3n) is 3.31. The molecule has 7 nitrogen and oxygen atoms in total. The molecule has 2 rings (SSSR count). The van der Waals surface area contributed by atoms with E-state index in [4.69, 9.17) is 25.8 Å². The fraction of sp³-hybridized carbons (Fsp3) is 0.500. The molecule has 0 saturated carbocycles. The summed E-state index contributed by atoms with van der Waals surface area (Å²) in [6, 6.07) is 3.70. The number of methoxy groups -OCH3 is 2. The molecular weight excluding hydrogens is 334 g/mol. The molecule has 1 aromatic heterocycles. The molecule has 0 spiro atoms. The van der Waals surface area contributed by atoms with Crippen LogP contribution in [0.15, 0.2) is 12.1 Å². The van der Waals surface area contributed by atoms with Crippen molar-refractivity contribution in [3.05, 3.63) is 17.4 Å². The van der Waals surface area contributed by atoms with E-state index in [1.807, 2.05) is 13.8 Å². The van der Waals surface area contributed by atoms with Gasteiger partial charge in [0.2, 0.25) is 11.2 Å². The minimum absolute atomic E-state index is 0.0551. The SMILES string of the molecule is COc1cc2nc(Cl)nc(OCC(O)CNC(C)C)c2cc1OC. The number of hydrogen-bond donors (Lipinski definition) is 2. The van der Waals surface area contributed by atoms with E-state index in [0.29, 0.717) is 28.9 Å². The van der Waals surface area contributed by atoms with Crippen LogP contribution < -0.4 is 19.5 Å². The Balaban J connectivity index is 2.25. The summed E-state index contributed by atoms with van der Waals surface area (Å²) >= 11 is 5.96. The number of rotatable bonds is 8. The fourth-order valence-corrected chi connectivity index (χ4v) is 2.28. The quantitative estimate of drug-likeness (QED) is 0.701. The number of nitrogens with one attached hydrogen (secondary N) is 1. The predicted octanol–water partition coefficient (Wildman–Crippen LogP) is 2.04. The van der Waals surface area contributed by atoms with E-state index in [1.54, 1.807) is 26.4 Å². The molecule has 0 amide bonds. The number of benzene rings is 1. The number of ether oxygens (including phenoxy) is 3. The number of halogens is 1. The van der Waals surface area contributed by atoms with Crippen LogP contribution >= 0.6 is 11.6 Å². The van der Waals surface area contributed by atoms with Crippen molar-refractivity contribution in [2.24, 2.45) is 0 Å². The fourth-order valence-electron chi connectivity index (χ4n) is 2.12. The Morgan fingerprint density at radius 2 is 1.83 bits per heavy atom. The van der Waals surface area contributed by atoms with Crippen LogP contribution in [0.4, 0.5) is 0 Å². The molecule has 0 bridgehead atoms. The van der Waals surface area contributed by atoms with Gasteiger partial charge in [0.1, 0.15) is 12.7 Å². The van der Waals surface area contributed by atoms with Crippen LogP contribution in [0.3, 0.4) is 0 Å². The van der Waals surface area contributed by atoms with Gasteiger partial charge in [-0.1, -0.05) is 13.8 Å². The van der Waals surface area contributed by atoms with E-state index >= 15 is 0 Å². The summed E-state index contributed by atoms with van der Waals surface area (Å²) < 4.78 is 16.2. The standard InChI is InChI=1S/C16H22ClN3O4/c1-9(2)18-7-10(21)8-24-15-11-5-13(22-3)14(23-4)6-12(11)19-16(17)20-15/h5-6,9-10,18,21H,7-8H2,1-4H3. The lowest BCUT2D eigenvalue weighted by Gasteiger charge is -2.16. The summed E-state index contributed by atoms with van der Waals surface area (Å²) in [5.41, 5.74) is 0.567. The minimum Gasteiger partial charge on any atom is -0.493 e. The monoisotopic (exact) mass is 355 g/mol. The lowest BCUT2D eigenvalue weighted by atomic mass is 10.2. The maximum absolute atomic E-state index is 9.98. The van der Waals surface area contributed by atoms with Crippen LogP contribution in [0.25, 0.3) is 10.9 Å². The molecule has 24 heavy (non-hydrogen) atoms. The zero-order valence-corrected chi connectivity index (χ0v) is 14.9. The molecule has 0 aliphatic carbocycles. The molecule has 0 aliphatic rings. The van der Waals surface area contributed by atoms with Gasteiger partial charge in [0.15, 0.2) is 11.5 Å². The molecule has 1 aromatic carbocycles. The van der Waals surface area contributed by atoms with Gasteiger partial charge in [-0.3, -0.25) is 0 Å². The van der Waals surface area contributed by atoms with Crippen LogP contribution in [-0.2, 0) is 0 Å². The van der Waals surface area contributed by atoms with E-state index in [0.717, 1.165) is 0 Å². The van der Waals surface area contributed by atoms with Crippen LogP contribution in [0, 0.1) is 0 Å². The second-order valence-electron chi connectivity index (χ2n) is 5.55. The first-order valence-corrected chi connectivity index (χ1v) is 7.96. The van der Waals surface area contributed by atoms with E-state index in [-0.39, 0.29) is 23.8 Å². The van der Waals surface area contributed by atoms with Gasteiger partial charge in [0.05, 0.1) is 25.1 Å². The van der Waals surface area contributed by atoms with Gasteiger partial charge in [-0.05, 0) is 17.7 Å². The van der Waals surface area contributed by atoms with Gasteiger partial charge < -0.3 is 24.6 Å². The summed E-state index contributed by atoms with van der Waals surface area (Å²) in [7, 11) is 3.09. The Bertz CT molecular complexity index is 697. The number of nitrogens with zero attached hydrogens (tertiary/aromatic N) is 2. The number of hydrogen-bond acceptors (Lipinski definition) is 7. The van der Waals surface area contributed by atoms with Crippen LogP contribution in [0.5, 0.6) is 17.4 Å². The minimum atomic E-state index is -0.670. The average molecular weight is 356 g/mol. The third-order valence-corrected chi connectivity index (χ3v) is 3.48. The number of aliphatic hydroxyl groups excluding tert-OH is 1. The van der Waals surface area contributed by atoms with Crippen molar-refractivity contribution >= 4 is 22.5 Å². The molecule has 1 atom stereocenters. The van der Waals surface area contributed by atoms with E-state index in [1.165, 1.54) is 0 Å². The van der Waals surface area contributed by atoms with Crippen molar-refractivity contribution in [2.75, 3.05) is 27.4 Å². The van der Waals surface area contributed by atoms with Crippen LogP contribution in [0.1, 0.15) is 13.8 Å². The Kier molecular flexibility index (Phi) is 6.42. The summed E-state index contributed by atoms with van der Waals surface area (Å²) in [5, 5.41) is 13.8. The number of fused-ring (bicyclic) bond motifs is 1. The molecule has 1 heterocycles. The van der Waals surface area contributed by atoms with Crippen molar-refractivity contribution in [1.82, 2.24) is 15.3 Å². The zero-order chi connectivity index (χ0) is 17.7. The molecule has 132 valence electrons. The van der Waals surface area contributed by atoms with Gasteiger partial charge in [-0.15, -0.1) is 0 Å². The largest absolute Gasteiger partial charge is 0.493 e. The van der Waals surface area contributed by atoms with Gasteiger partial charge in [0.25, 0.3) is 0 Å². The lowest BCUT2D eigenvalue weighted by molar-refractivity contribution is 0.103. The second-order valence-corrected chi connectivity index (χ2v) is 5.89. The van der Waals surface area contributed by atoms with Crippen molar-refractivity contribution in [3.8, 4) is 17.4 Å². The molecule has 0 fully saturated rings. The summed E-state index contributed by atoms with van der Waals surface area (Å²) in [6.07, 6.45) is -0.670. The van der Waals surface area contributed by atoms with Gasteiger partial charge in [0, 0.05) is 18.7 Å². The lowest BCUT2D eigenvalue weighted by Crippen LogP contribution is -2.35. The molecule has 0 saturated heterocycles. The molecule has 2 aromatic rings. The molecule has 2 N–H and O–H groups in total. The van der Waals surface area contributed by atoms with E-state index < -0.39 is 6.10 Å². The summed E-state index contributed by atoms with van der Waals surface area (Å²) in [6.45, 7) is 4.51. The Morgan fingerprint density at radius 1 is 1.17 bits per heavy atom. The highest BCUT2D eigenvalue weighted by atomic mass is 35.5. The van der Waals surface area contributed by atoms with Crippen molar-refractivity contribution in [1.29, 1.82) is 0 Å². The molecule has 0 aliphatic heterocycles. The summed E-state index contributed by atoms with van der Waals surface area (Å²) in [4.78, 5) is 8.27. The Labute approximate surface area is 145 Å². The molecule has 0 radical (unpaired) electrons. The smallest absolute Gasteiger partial charge is 0.226 e. The van der Waals surface area contributed by atoms with Gasteiger partial charge >= 0.3 is 0 Å². The maximum atomic E-state index is 9.98. The van der Waals surface area contributed by atoms with E-state index in [2.05, 4.69) is 15.3 Å². The first-order valence-electron chi connectivity index (χ1n) is 7.58. The topological polar surface area (TPSA) is 85.7 Å². The maximum Gasteiger partial charge on any atom is 0.226 e. The normalized spacial score (nSPS) is 12.5. The van der Waals surface area contributed by atoms with Crippen LogP contribution in [0.2, 0.25) is 5.28 Å². The first kappa shape index (κ1) is 18.5. The molecule has 1 unspecified atom stereocenters. The van der Waals surface area contributed by atoms with Gasteiger partial charge in [-0.25, -0.2) is 4.98 Å². The van der Waals surface area contributed by atoms with E-state index in [9.17, 15) is 5.11 Å². The Hall–Kier alpha value is -1.83. The zero-order valence-electron chi connectivity index (χ0n) is 14.2.